The maximum atomic E-state index is 11.7. The number of carbonyl (C=O) groups excluding carboxylic acids is 1. The fraction of sp³-hybridized carbons (Fsp3) is 0.909. The molecule has 0 aromatic rings. The topological polar surface area (TPSA) is 29.1 Å². The molecule has 0 heterocycles. The molecule has 2 unspecified atom stereocenters. The highest BCUT2D eigenvalue weighted by Gasteiger charge is 2.40. The van der Waals surface area contributed by atoms with Crippen LogP contribution >= 0.6 is 0 Å². The molecule has 2 nitrogen and oxygen atoms in total. The van der Waals surface area contributed by atoms with E-state index in [-0.39, 0.29) is 17.2 Å². The summed E-state index contributed by atoms with van der Waals surface area (Å²) in [6, 6.07) is 0. The van der Waals surface area contributed by atoms with Crippen molar-refractivity contribution in [2.75, 3.05) is 7.05 Å². The molecule has 1 N–H and O–H groups in total. The van der Waals surface area contributed by atoms with Crippen LogP contribution in [0.25, 0.3) is 0 Å². The molecule has 0 bridgehead atoms. The van der Waals surface area contributed by atoms with Crippen molar-refractivity contribution >= 4 is 5.91 Å². The molecule has 13 heavy (non-hydrogen) atoms. The monoisotopic (exact) mass is 183 g/mol. The molecule has 0 aromatic carbocycles. The SMILES string of the molecule is CNC(=O)C1C(C)CCCC1(C)C. The minimum atomic E-state index is 0.178. The summed E-state index contributed by atoms with van der Waals surface area (Å²) in [5.74, 6) is 0.951. The molecular weight excluding hydrogens is 162 g/mol. The second-order valence-electron chi connectivity index (χ2n) is 4.95. The van der Waals surface area contributed by atoms with E-state index in [9.17, 15) is 4.79 Å². The lowest BCUT2D eigenvalue weighted by molar-refractivity contribution is -0.132. The van der Waals surface area contributed by atoms with E-state index in [1.54, 1.807) is 7.05 Å². The van der Waals surface area contributed by atoms with E-state index in [1.165, 1.54) is 19.3 Å². The van der Waals surface area contributed by atoms with Gasteiger partial charge in [-0.15, -0.1) is 0 Å². The van der Waals surface area contributed by atoms with Gasteiger partial charge in [0.2, 0.25) is 5.91 Å². The molecule has 1 amide bonds. The van der Waals surface area contributed by atoms with Crippen molar-refractivity contribution in [3.05, 3.63) is 0 Å². The predicted octanol–water partition coefficient (Wildman–Crippen LogP) is 2.19. The minimum Gasteiger partial charge on any atom is -0.359 e. The second-order valence-corrected chi connectivity index (χ2v) is 4.95. The quantitative estimate of drug-likeness (QED) is 0.663. The fourth-order valence-electron chi connectivity index (χ4n) is 2.74. The van der Waals surface area contributed by atoms with Crippen LogP contribution in [0.1, 0.15) is 40.0 Å². The first kappa shape index (κ1) is 10.6. The van der Waals surface area contributed by atoms with Crippen LogP contribution < -0.4 is 5.32 Å². The van der Waals surface area contributed by atoms with Gasteiger partial charge in [0.25, 0.3) is 0 Å². The summed E-state index contributed by atoms with van der Waals surface area (Å²) in [6.07, 6.45) is 3.64. The number of amides is 1. The highest BCUT2D eigenvalue weighted by molar-refractivity contribution is 5.79. The Morgan fingerprint density at radius 2 is 2.08 bits per heavy atom. The van der Waals surface area contributed by atoms with Gasteiger partial charge in [-0.2, -0.15) is 0 Å². The smallest absolute Gasteiger partial charge is 0.223 e. The lowest BCUT2D eigenvalue weighted by atomic mass is 9.64. The van der Waals surface area contributed by atoms with E-state index in [0.717, 1.165) is 0 Å². The highest BCUT2D eigenvalue weighted by atomic mass is 16.1. The molecule has 1 fully saturated rings. The number of hydrogen-bond donors (Lipinski definition) is 1. The Bertz CT molecular complexity index is 198. The maximum absolute atomic E-state index is 11.7. The van der Waals surface area contributed by atoms with Crippen LogP contribution in [-0.4, -0.2) is 13.0 Å². The van der Waals surface area contributed by atoms with Crippen molar-refractivity contribution in [2.24, 2.45) is 17.3 Å². The minimum absolute atomic E-state index is 0.178. The van der Waals surface area contributed by atoms with E-state index in [4.69, 9.17) is 0 Å². The highest BCUT2D eigenvalue weighted by Crippen LogP contribution is 2.43. The Morgan fingerprint density at radius 1 is 1.46 bits per heavy atom. The third-order valence-electron chi connectivity index (χ3n) is 3.42. The average molecular weight is 183 g/mol. The van der Waals surface area contributed by atoms with Gasteiger partial charge in [-0.1, -0.05) is 27.2 Å². The van der Waals surface area contributed by atoms with Gasteiger partial charge in [0.05, 0.1) is 0 Å². The lowest BCUT2D eigenvalue weighted by Gasteiger charge is -2.41. The summed E-state index contributed by atoms with van der Waals surface area (Å²) < 4.78 is 0. The Kier molecular flexibility index (Phi) is 2.99. The van der Waals surface area contributed by atoms with Crippen molar-refractivity contribution < 1.29 is 4.79 Å². The molecule has 0 spiro atoms. The molecule has 76 valence electrons. The Labute approximate surface area is 81.1 Å². The van der Waals surface area contributed by atoms with Crippen LogP contribution in [0.5, 0.6) is 0 Å². The van der Waals surface area contributed by atoms with Gasteiger partial charge < -0.3 is 5.32 Å². The molecule has 0 saturated heterocycles. The van der Waals surface area contributed by atoms with E-state index in [1.807, 2.05) is 0 Å². The van der Waals surface area contributed by atoms with Crippen molar-refractivity contribution in [2.45, 2.75) is 40.0 Å². The van der Waals surface area contributed by atoms with Crippen LogP contribution in [0.2, 0.25) is 0 Å². The third-order valence-corrected chi connectivity index (χ3v) is 3.42. The first-order valence-electron chi connectivity index (χ1n) is 5.20. The van der Waals surface area contributed by atoms with Gasteiger partial charge in [0.1, 0.15) is 0 Å². The zero-order chi connectivity index (χ0) is 10.1. The summed E-state index contributed by atoms with van der Waals surface area (Å²) in [5, 5.41) is 2.78. The molecule has 1 rings (SSSR count). The predicted molar refractivity (Wildman–Crippen MR) is 54.4 cm³/mol. The zero-order valence-electron chi connectivity index (χ0n) is 9.18. The maximum Gasteiger partial charge on any atom is 0.223 e. The lowest BCUT2D eigenvalue weighted by Crippen LogP contribution is -2.43. The van der Waals surface area contributed by atoms with Crippen LogP contribution in [0, 0.1) is 17.3 Å². The second kappa shape index (κ2) is 3.69. The molecule has 2 heteroatoms. The van der Waals surface area contributed by atoms with Gasteiger partial charge in [-0.25, -0.2) is 0 Å². The van der Waals surface area contributed by atoms with Gasteiger partial charge in [-0.05, 0) is 24.2 Å². The molecule has 2 atom stereocenters. The summed E-state index contributed by atoms with van der Waals surface area (Å²) in [5.41, 5.74) is 0.178. The molecule has 0 radical (unpaired) electrons. The molecule has 1 aliphatic rings. The summed E-state index contributed by atoms with van der Waals surface area (Å²) in [6.45, 7) is 6.62. The summed E-state index contributed by atoms with van der Waals surface area (Å²) >= 11 is 0. The number of rotatable bonds is 1. The normalized spacial score (nSPS) is 32.6. The summed E-state index contributed by atoms with van der Waals surface area (Å²) in [7, 11) is 1.74. The van der Waals surface area contributed by atoms with E-state index >= 15 is 0 Å². The number of carbonyl (C=O) groups is 1. The van der Waals surface area contributed by atoms with Crippen molar-refractivity contribution in [1.29, 1.82) is 0 Å². The Hall–Kier alpha value is -0.530. The largest absolute Gasteiger partial charge is 0.359 e. The van der Waals surface area contributed by atoms with Gasteiger partial charge in [0, 0.05) is 13.0 Å². The average Bonchev–Trinajstić information content (AvgIpc) is 2.02. The van der Waals surface area contributed by atoms with Crippen molar-refractivity contribution in [3.8, 4) is 0 Å². The first-order chi connectivity index (χ1) is 5.99. The molecule has 0 aliphatic heterocycles. The van der Waals surface area contributed by atoms with Crippen LogP contribution in [0.3, 0.4) is 0 Å². The Balaban J connectivity index is 2.80. The van der Waals surface area contributed by atoms with Crippen LogP contribution in [0.15, 0.2) is 0 Å². The molecule has 1 saturated carbocycles. The zero-order valence-corrected chi connectivity index (χ0v) is 9.18. The fourth-order valence-corrected chi connectivity index (χ4v) is 2.74. The number of hydrogen-bond acceptors (Lipinski definition) is 1. The van der Waals surface area contributed by atoms with Crippen LogP contribution in [-0.2, 0) is 4.79 Å². The molecular formula is C11H21NO. The van der Waals surface area contributed by atoms with Gasteiger partial charge in [0.15, 0.2) is 0 Å². The van der Waals surface area contributed by atoms with E-state index in [0.29, 0.717) is 5.92 Å². The van der Waals surface area contributed by atoms with Crippen LogP contribution in [0.4, 0.5) is 0 Å². The third kappa shape index (κ3) is 2.04. The van der Waals surface area contributed by atoms with E-state index in [2.05, 4.69) is 26.1 Å². The standard InChI is InChI=1S/C11H21NO/c1-8-6-5-7-11(2,3)9(8)10(13)12-4/h8-9H,5-7H2,1-4H3,(H,12,13). The summed E-state index contributed by atoms with van der Waals surface area (Å²) in [4.78, 5) is 11.7. The van der Waals surface area contributed by atoms with Gasteiger partial charge >= 0.3 is 0 Å². The van der Waals surface area contributed by atoms with Crippen molar-refractivity contribution in [3.63, 3.8) is 0 Å². The first-order valence-corrected chi connectivity index (χ1v) is 5.20. The Morgan fingerprint density at radius 3 is 2.54 bits per heavy atom. The van der Waals surface area contributed by atoms with Gasteiger partial charge in [-0.3, -0.25) is 4.79 Å². The van der Waals surface area contributed by atoms with Crippen molar-refractivity contribution in [1.82, 2.24) is 5.32 Å². The molecule has 1 aliphatic carbocycles. The molecule has 0 aromatic heterocycles. The number of nitrogens with one attached hydrogen (secondary N) is 1. The van der Waals surface area contributed by atoms with E-state index < -0.39 is 0 Å².